The number of hydrogen-bond acceptors (Lipinski definition) is 2. The fraction of sp³-hybridized carbons (Fsp3) is 0.200. The summed E-state index contributed by atoms with van der Waals surface area (Å²) >= 11 is 6.08. The minimum absolute atomic E-state index is 0.0929. The number of halogens is 1. The molecule has 1 atom stereocenters. The van der Waals surface area contributed by atoms with Gasteiger partial charge < -0.3 is 10.6 Å². The van der Waals surface area contributed by atoms with Crippen LogP contribution in [0.5, 0.6) is 0 Å². The van der Waals surface area contributed by atoms with E-state index in [1.54, 1.807) is 13.2 Å². The van der Waals surface area contributed by atoms with Crippen LogP contribution in [0.2, 0.25) is 5.02 Å². The van der Waals surface area contributed by atoms with Crippen molar-refractivity contribution in [3.05, 3.63) is 83.1 Å². The van der Waals surface area contributed by atoms with Crippen molar-refractivity contribution >= 4 is 17.6 Å². The molecule has 0 saturated heterocycles. The summed E-state index contributed by atoms with van der Waals surface area (Å²) in [6, 6.07) is 18.1. The number of nitrogens with one attached hydrogen (secondary N) is 2. The summed E-state index contributed by atoms with van der Waals surface area (Å²) in [5.74, 6) is 0.738. The first-order chi connectivity index (χ1) is 12.7. The Morgan fingerprint density at radius 3 is 2.77 bits per heavy atom. The topological polar surface area (TPSA) is 54.2 Å². The van der Waals surface area contributed by atoms with Gasteiger partial charge in [0.2, 0.25) is 0 Å². The Labute approximate surface area is 158 Å². The molecule has 0 aliphatic heterocycles. The molecule has 3 rings (SSSR count). The minimum Gasteiger partial charge on any atom is -0.352 e. The van der Waals surface area contributed by atoms with Crippen molar-refractivity contribution < 1.29 is 0 Å². The number of benzene rings is 2. The molecule has 2 aromatic carbocycles. The summed E-state index contributed by atoms with van der Waals surface area (Å²) in [7, 11) is 1.76. The maximum Gasteiger partial charge on any atom is 0.191 e. The summed E-state index contributed by atoms with van der Waals surface area (Å²) in [5.41, 5.74) is 3.29. The highest BCUT2D eigenvalue weighted by Gasteiger charge is 2.08. The molecule has 0 aliphatic rings. The highest BCUT2D eigenvalue weighted by Crippen LogP contribution is 2.17. The third-order valence-corrected chi connectivity index (χ3v) is 4.30. The van der Waals surface area contributed by atoms with Crippen molar-refractivity contribution in [3.63, 3.8) is 0 Å². The molecule has 0 amide bonds. The van der Waals surface area contributed by atoms with Crippen LogP contribution in [0.25, 0.3) is 5.69 Å². The van der Waals surface area contributed by atoms with Gasteiger partial charge in [-0.3, -0.25) is 4.99 Å². The van der Waals surface area contributed by atoms with Gasteiger partial charge in [0.05, 0.1) is 11.7 Å². The van der Waals surface area contributed by atoms with E-state index < -0.39 is 0 Å². The number of guanidine groups is 1. The van der Waals surface area contributed by atoms with Crippen LogP contribution in [0.1, 0.15) is 24.1 Å². The van der Waals surface area contributed by atoms with Gasteiger partial charge >= 0.3 is 0 Å². The molecule has 0 aliphatic carbocycles. The lowest BCUT2D eigenvalue weighted by molar-refractivity contribution is 0.685. The monoisotopic (exact) mass is 367 g/mol. The Morgan fingerprint density at radius 2 is 2.04 bits per heavy atom. The normalized spacial score (nSPS) is 12.7. The zero-order valence-electron chi connectivity index (χ0n) is 14.9. The Bertz CT molecular complexity index is 873. The number of hydrogen-bond donors (Lipinski definition) is 2. The lowest BCUT2D eigenvalue weighted by Gasteiger charge is -2.18. The molecule has 0 spiro atoms. The first-order valence-electron chi connectivity index (χ1n) is 8.47. The molecule has 1 aromatic heterocycles. The van der Waals surface area contributed by atoms with E-state index in [-0.39, 0.29) is 6.04 Å². The second kappa shape index (κ2) is 8.54. The zero-order chi connectivity index (χ0) is 18.4. The highest BCUT2D eigenvalue weighted by molar-refractivity contribution is 6.30. The highest BCUT2D eigenvalue weighted by atomic mass is 35.5. The van der Waals surface area contributed by atoms with Gasteiger partial charge in [-0.05, 0) is 48.4 Å². The second-order valence-corrected chi connectivity index (χ2v) is 6.40. The largest absolute Gasteiger partial charge is 0.352 e. The maximum atomic E-state index is 6.08. The maximum absolute atomic E-state index is 6.08. The third-order valence-electron chi connectivity index (χ3n) is 4.06. The van der Waals surface area contributed by atoms with Gasteiger partial charge in [0.25, 0.3) is 0 Å². The molecule has 0 fully saturated rings. The number of aromatic nitrogens is 2. The smallest absolute Gasteiger partial charge is 0.191 e. The summed E-state index contributed by atoms with van der Waals surface area (Å²) in [4.78, 5) is 4.31. The second-order valence-electron chi connectivity index (χ2n) is 5.97. The molecule has 26 heavy (non-hydrogen) atoms. The van der Waals surface area contributed by atoms with Crippen molar-refractivity contribution in [1.82, 2.24) is 20.4 Å². The van der Waals surface area contributed by atoms with Gasteiger partial charge in [-0.2, -0.15) is 5.10 Å². The Kier molecular flexibility index (Phi) is 5.92. The van der Waals surface area contributed by atoms with Crippen LogP contribution in [0.4, 0.5) is 0 Å². The third kappa shape index (κ3) is 4.64. The van der Waals surface area contributed by atoms with Gasteiger partial charge in [-0.15, -0.1) is 0 Å². The van der Waals surface area contributed by atoms with Crippen LogP contribution < -0.4 is 10.6 Å². The molecule has 5 nitrogen and oxygen atoms in total. The van der Waals surface area contributed by atoms with E-state index in [1.165, 1.54) is 0 Å². The number of rotatable bonds is 5. The SMILES string of the molecule is CN=C(NCc1cccc(-n2cccn2)c1)NC(C)c1cccc(Cl)c1. The molecule has 1 heterocycles. The summed E-state index contributed by atoms with van der Waals surface area (Å²) in [6.07, 6.45) is 3.70. The summed E-state index contributed by atoms with van der Waals surface area (Å²) in [6.45, 7) is 2.74. The van der Waals surface area contributed by atoms with E-state index in [2.05, 4.69) is 39.8 Å². The minimum atomic E-state index is 0.0929. The molecular formula is C20H22ClN5. The molecule has 0 bridgehead atoms. The molecule has 2 N–H and O–H groups in total. The number of aliphatic imine (C=N–C) groups is 1. The van der Waals surface area contributed by atoms with Crippen LogP contribution in [0.3, 0.4) is 0 Å². The fourth-order valence-electron chi connectivity index (χ4n) is 2.68. The standard InChI is InChI=1S/C20H22ClN5/c1-15(17-7-4-8-18(21)13-17)25-20(22-2)23-14-16-6-3-9-19(12-16)26-11-5-10-24-26/h3-13,15H,14H2,1-2H3,(H2,22,23,25). The molecule has 1 unspecified atom stereocenters. The first kappa shape index (κ1) is 18.0. The number of nitrogens with zero attached hydrogens (tertiary/aromatic N) is 3. The predicted molar refractivity (Wildman–Crippen MR) is 107 cm³/mol. The van der Waals surface area contributed by atoms with Crippen molar-refractivity contribution in [3.8, 4) is 5.69 Å². The lowest BCUT2D eigenvalue weighted by Crippen LogP contribution is -2.38. The van der Waals surface area contributed by atoms with Crippen molar-refractivity contribution in [2.45, 2.75) is 19.5 Å². The molecule has 0 radical (unpaired) electrons. The van der Waals surface area contributed by atoms with E-state index in [9.17, 15) is 0 Å². The van der Waals surface area contributed by atoms with Crippen LogP contribution in [-0.4, -0.2) is 22.8 Å². The molecule has 6 heteroatoms. The van der Waals surface area contributed by atoms with Crippen molar-refractivity contribution in [1.29, 1.82) is 0 Å². The van der Waals surface area contributed by atoms with Crippen LogP contribution in [0, 0.1) is 0 Å². The summed E-state index contributed by atoms with van der Waals surface area (Å²) in [5, 5.41) is 11.7. The van der Waals surface area contributed by atoms with E-state index in [4.69, 9.17) is 11.6 Å². The van der Waals surface area contributed by atoms with Crippen LogP contribution in [-0.2, 0) is 6.54 Å². The van der Waals surface area contributed by atoms with Gasteiger partial charge in [0.15, 0.2) is 5.96 Å². The van der Waals surface area contributed by atoms with E-state index in [0.29, 0.717) is 6.54 Å². The predicted octanol–water partition coefficient (Wildman–Crippen LogP) is 3.95. The lowest BCUT2D eigenvalue weighted by atomic mass is 10.1. The van der Waals surface area contributed by atoms with Gasteiger partial charge in [-0.25, -0.2) is 4.68 Å². The van der Waals surface area contributed by atoms with Crippen molar-refractivity contribution in [2.24, 2.45) is 4.99 Å². The molecule has 3 aromatic rings. The molecule has 0 saturated carbocycles. The van der Waals surface area contributed by atoms with E-state index in [1.807, 2.05) is 53.3 Å². The van der Waals surface area contributed by atoms with E-state index >= 15 is 0 Å². The Hall–Kier alpha value is -2.79. The van der Waals surface area contributed by atoms with E-state index in [0.717, 1.165) is 27.8 Å². The zero-order valence-corrected chi connectivity index (χ0v) is 15.6. The van der Waals surface area contributed by atoms with Crippen molar-refractivity contribution in [2.75, 3.05) is 7.05 Å². The Morgan fingerprint density at radius 1 is 1.19 bits per heavy atom. The average molecular weight is 368 g/mol. The van der Waals surface area contributed by atoms with Gasteiger partial charge in [-0.1, -0.05) is 35.9 Å². The Balaban J connectivity index is 1.62. The van der Waals surface area contributed by atoms with Gasteiger partial charge in [0, 0.05) is 31.0 Å². The van der Waals surface area contributed by atoms with Gasteiger partial charge in [0.1, 0.15) is 0 Å². The average Bonchev–Trinajstić information content (AvgIpc) is 3.20. The fourth-order valence-corrected chi connectivity index (χ4v) is 2.87. The molecule has 134 valence electrons. The summed E-state index contributed by atoms with van der Waals surface area (Å²) < 4.78 is 1.85. The quantitative estimate of drug-likeness (QED) is 0.530. The molecular weight excluding hydrogens is 346 g/mol. The first-order valence-corrected chi connectivity index (χ1v) is 8.85. The van der Waals surface area contributed by atoms with Crippen LogP contribution in [0.15, 0.2) is 72.0 Å². The van der Waals surface area contributed by atoms with Crippen LogP contribution >= 0.6 is 11.6 Å².